The van der Waals surface area contributed by atoms with Gasteiger partial charge in [0.25, 0.3) is 0 Å². The molecular weight excluding hydrogens is 476 g/mol. The third kappa shape index (κ3) is 5.08. The first-order chi connectivity index (χ1) is 17.3. The fourth-order valence-corrected chi connectivity index (χ4v) is 4.91. The Morgan fingerprint density at radius 3 is 2.69 bits per heavy atom. The summed E-state index contributed by atoms with van der Waals surface area (Å²) in [6.07, 6.45) is 1.93. The van der Waals surface area contributed by atoms with E-state index in [0.717, 1.165) is 33.5 Å². The highest BCUT2D eigenvalue weighted by Crippen LogP contribution is 2.30. The zero-order chi connectivity index (χ0) is 25.3. The van der Waals surface area contributed by atoms with Gasteiger partial charge in [-0.25, -0.2) is 4.79 Å². The van der Waals surface area contributed by atoms with Crippen LogP contribution in [0.15, 0.2) is 65.0 Å². The van der Waals surface area contributed by atoms with Crippen molar-refractivity contribution >= 4 is 34.5 Å². The number of nitrogens with one attached hydrogen (secondary N) is 2. The van der Waals surface area contributed by atoms with Crippen molar-refractivity contribution in [3.63, 3.8) is 0 Å². The number of carbonyl (C=O) groups is 1. The summed E-state index contributed by atoms with van der Waals surface area (Å²) in [5.41, 5.74) is 3.32. The normalized spacial score (nSPS) is 14.2. The smallest absolute Gasteiger partial charge is 0.408 e. The molecule has 0 fully saturated rings. The van der Waals surface area contributed by atoms with Crippen molar-refractivity contribution in [2.75, 3.05) is 12.9 Å². The number of benzene rings is 2. The Hall–Kier alpha value is -3.79. The second-order valence-electron chi connectivity index (χ2n) is 9.48. The van der Waals surface area contributed by atoms with Crippen LogP contribution in [0, 0.1) is 0 Å². The SMILES string of the molecule is COc1ccc(C2=Nn3c(nnc3C(Cc3c[nH]c4ccccc34)NC(=O)OC(C)(C)C)SC2)cc1. The van der Waals surface area contributed by atoms with Crippen molar-refractivity contribution in [3.05, 3.63) is 71.7 Å². The van der Waals surface area contributed by atoms with Crippen LogP contribution in [0.5, 0.6) is 5.75 Å². The van der Waals surface area contributed by atoms with Gasteiger partial charge in [0.2, 0.25) is 5.16 Å². The van der Waals surface area contributed by atoms with Gasteiger partial charge < -0.3 is 19.8 Å². The van der Waals surface area contributed by atoms with E-state index in [0.29, 0.717) is 23.2 Å². The Bertz CT molecular complexity index is 1420. The number of H-pyrrole nitrogens is 1. The molecule has 10 heteroatoms. The number of hydrogen-bond donors (Lipinski definition) is 2. The lowest BCUT2D eigenvalue weighted by molar-refractivity contribution is 0.0500. The number of methoxy groups -OCH3 is 1. The van der Waals surface area contributed by atoms with Crippen LogP contribution in [0.4, 0.5) is 4.79 Å². The average molecular weight is 505 g/mol. The first-order valence-corrected chi connectivity index (χ1v) is 12.6. The molecule has 186 valence electrons. The fourth-order valence-electron chi connectivity index (χ4n) is 4.06. The van der Waals surface area contributed by atoms with Gasteiger partial charge in [0.15, 0.2) is 5.82 Å². The van der Waals surface area contributed by atoms with E-state index < -0.39 is 17.7 Å². The zero-order valence-corrected chi connectivity index (χ0v) is 21.4. The molecule has 2 N–H and O–H groups in total. The van der Waals surface area contributed by atoms with Crippen LogP contribution in [-0.4, -0.2) is 50.1 Å². The number of fused-ring (bicyclic) bond motifs is 2. The Morgan fingerprint density at radius 1 is 1.17 bits per heavy atom. The van der Waals surface area contributed by atoms with Crippen LogP contribution in [-0.2, 0) is 11.2 Å². The minimum absolute atomic E-state index is 0.486. The van der Waals surface area contributed by atoms with Crippen molar-refractivity contribution < 1.29 is 14.3 Å². The first kappa shape index (κ1) is 23.9. The molecule has 2 aromatic carbocycles. The van der Waals surface area contributed by atoms with E-state index >= 15 is 0 Å². The topological polar surface area (TPSA) is 106 Å². The Morgan fingerprint density at radius 2 is 1.94 bits per heavy atom. The fraction of sp³-hybridized carbons (Fsp3) is 0.308. The molecule has 0 bridgehead atoms. The van der Waals surface area contributed by atoms with Crippen molar-refractivity contribution in [3.8, 4) is 5.75 Å². The predicted octanol–water partition coefficient (Wildman–Crippen LogP) is 4.93. The second kappa shape index (κ2) is 9.69. The summed E-state index contributed by atoms with van der Waals surface area (Å²) in [4.78, 5) is 16.1. The molecule has 2 aromatic heterocycles. The molecule has 3 heterocycles. The third-order valence-corrected chi connectivity index (χ3v) is 6.65. The van der Waals surface area contributed by atoms with Gasteiger partial charge in [0.1, 0.15) is 11.4 Å². The summed E-state index contributed by atoms with van der Waals surface area (Å²) < 4.78 is 12.6. The van der Waals surface area contributed by atoms with Gasteiger partial charge in [-0.1, -0.05) is 30.0 Å². The monoisotopic (exact) mass is 504 g/mol. The Balaban J connectivity index is 1.50. The van der Waals surface area contributed by atoms with Crippen LogP contribution >= 0.6 is 11.8 Å². The second-order valence-corrected chi connectivity index (χ2v) is 10.4. The van der Waals surface area contributed by atoms with Crippen LogP contribution in [0.1, 0.15) is 43.8 Å². The van der Waals surface area contributed by atoms with Crippen molar-refractivity contribution in [1.29, 1.82) is 0 Å². The summed E-state index contributed by atoms with van der Waals surface area (Å²) in [6.45, 7) is 5.51. The number of nitrogens with zero attached hydrogens (tertiary/aromatic N) is 4. The van der Waals surface area contributed by atoms with Crippen molar-refractivity contribution in [2.24, 2.45) is 5.10 Å². The summed E-state index contributed by atoms with van der Waals surface area (Å²) in [5.74, 6) is 1.99. The minimum Gasteiger partial charge on any atom is -0.497 e. The van der Waals surface area contributed by atoms with Crippen LogP contribution in [0.3, 0.4) is 0 Å². The maximum Gasteiger partial charge on any atom is 0.408 e. The largest absolute Gasteiger partial charge is 0.497 e. The number of carbonyl (C=O) groups excluding carboxylic acids is 1. The lowest BCUT2D eigenvalue weighted by Gasteiger charge is -2.23. The maximum atomic E-state index is 12.8. The average Bonchev–Trinajstić information content (AvgIpc) is 3.46. The third-order valence-electron chi connectivity index (χ3n) is 5.72. The number of para-hydroxylation sites is 1. The molecule has 1 atom stereocenters. The highest BCUT2D eigenvalue weighted by molar-refractivity contribution is 7.99. The molecule has 1 amide bonds. The van der Waals surface area contributed by atoms with Gasteiger partial charge in [0.05, 0.1) is 18.9 Å². The van der Waals surface area contributed by atoms with Crippen molar-refractivity contribution in [2.45, 2.75) is 44.0 Å². The molecule has 5 rings (SSSR count). The molecule has 1 aliphatic rings. The molecule has 9 nitrogen and oxygen atoms in total. The molecule has 0 aliphatic carbocycles. The van der Waals surface area contributed by atoms with E-state index in [1.165, 1.54) is 0 Å². The Labute approximate surface area is 213 Å². The summed E-state index contributed by atoms with van der Waals surface area (Å²) in [5, 5.41) is 18.4. The lowest BCUT2D eigenvalue weighted by Crippen LogP contribution is -2.37. The van der Waals surface area contributed by atoms with Gasteiger partial charge in [-0.3, -0.25) is 0 Å². The number of aromatic amines is 1. The number of rotatable bonds is 6. The van der Waals surface area contributed by atoms with E-state index in [1.54, 1.807) is 23.5 Å². The molecule has 0 saturated carbocycles. The van der Waals surface area contributed by atoms with E-state index in [4.69, 9.17) is 14.6 Å². The van der Waals surface area contributed by atoms with Gasteiger partial charge in [-0.15, -0.1) is 10.2 Å². The van der Waals surface area contributed by atoms with E-state index in [2.05, 4.69) is 26.6 Å². The molecule has 4 aromatic rings. The predicted molar refractivity (Wildman–Crippen MR) is 140 cm³/mol. The molecule has 36 heavy (non-hydrogen) atoms. The quantitative estimate of drug-likeness (QED) is 0.385. The number of alkyl carbamates (subject to hydrolysis) is 1. The number of hydrogen-bond acceptors (Lipinski definition) is 7. The van der Waals surface area contributed by atoms with Crippen molar-refractivity contribution in [1.82, 2.24) is 25.2 Å². The Kier molecular flexibility index (Phi) is 6.44. The van der Waals surface area contributed by atoms with E-state index in [1.807, 2.05) is 69.4 Å². The molecule has 0 saturated heterocycles. The highest BCUT2D eigenvalue weighted by atomic mass is 32.2. The van der Waals surface area contributed by atoms with Gasteiger partial charge in [0, 0.05) is 29.3 Å². The highest BCUT2D eigenvalue weighted by Gasteiger charge is 2.29. The van der Waals surface area contributed by atoms with Gasteiger partial charge in [-0.2, -0.15) is 9.78 Å². The molecule has 0 radical (unpaired) electrons. The first-order valence-electron chi connectivity index (χ1n) is 11.7. The zero-order valence-electron chi connectivity index (χ0n) is 20.6. The summed E-state index contributed by atoms with van der Waals surface area (Å²) in [6, 6.07) is 15.3. The number of thioether (sulfide) groups is 1. The van der Waals surface area contributed by atoms with E-state index in [-0.39, 0.29) is 0 Å². The van der Waals surface area contributed by atoms with Crippen LogP contribution < -0.4 is 10.1 Å². The summed E-state index contributed by atoms with van der Waals surface area (Å²) >= 11 is 1.56. The maximum absolute atomic E-state index is 12.8. The van der Waals surface area contributed by atoms with Crippen LogP contribution in [0.25, 0.3) is 10.9 Å². The summed E-state index contributed by atoms with van der Waals surface area (Å²) in [7, 11) is 1.64. The van der Waals surface area contributed by atoms with Crippen LogP contribution in [0.2, 0.25) is 0 Å². The number of amides is 1. The molecule has 1 aliphatic heterocycles. The lowest BCUT2D eigenvalue weighted by atomic mass is 10.0. The molecular formula is C26H28N6O3S. The number of aromatic nitrogens is 4. The van der Waals surface area contributed by atoms with Gasteiger partial charge >= 0.3 is 6.09 Å². The van der Waals surface area contributed by atoms with Gasteiger partial charge in [-0.05, 0) is 62.2 Å². The molecule has 0 spiro atoms. The van der Waals surface area contributed by atoms with E-state index in [9.17, 15) is 4.79 Å². The molecule has 1 unspecified atom stereocenters. The number of ether oxygens (including phenoxy) is 2. The minimum atomic E-state index is -0.630. The standard InChI is InChI=1S/C26H28N6O3S/c1-26(2,3)35-25(33)28-21(13-17-14-27-20-8-6-5-7-19(17)20)23-29-30-24-32(23)31-22(15-36-24)16-9-11-18(34-4)12-10-16/h5-12,14,21,27H,13,15H2,1-4H3,(H,28,33).